The third kappa shape index (κ3) is 2.81. The molecule has 7 nitrogen and oxygen atoms in total. The van der Waals surface area contributed by atoms with Crippen molar-refractivity contribution in [3.05, 3.63) is 59.9 Å². The van der Waals surface area contributed by atoms with Crippen LogP contribution in [-0.4, -0.2) is 30.9 Å². The summed E-state index contributed by atoms with van der Waals surface area (Å²) in [6.45, 7) is 2.12. The molecule has 0 spiro atoms. The lowest BCUT2D eigenvalue weighted by molar-refractivity contribution is 0.0944. The molecule has 1 amide bonds. The number of aromatic amines is 1. The van der Waals surface area contributed by atoms with E-state index in [9.17, 15) is 4.79 Å². The normalized spacial score (nSPS) is 10.5. The summed E-state index contributed by atoms with van der Waals surface area (Å²) in [5, 5.41) is 17.4. The minimum atomic E-state index is -0.248. The van der Waals surface area contributed by atoms with Crippen molar-refractivity contribution in [3.63, 3.8) is 0 Å². The summed E-state index contributed by atoms with van der Waals surface area (Å²) in [5.74, 6) is 0.406. The van der Waals surface area contributed by atoms with Crippen LogP contribution < -0.4 is 5.32 Å². The van der Waals surface area contributed by atoms with Gasteiger partial charge in [-0.25, -0.2) is 0 Å². The van der Waals surface area contributed by atoms with Crippen LogP contribution in [0.5, 0.6) is 0 Å². The van der Waals surface area contributed by atoms with E-state index in [4.69, 9.17) is 0 Å². The number of amides is 1. The van der Waals surface area contributed by atoms with E-state index in [2.05, 4.69) is 25.7 Å². The fraction of sp³-hybridized carbons (Fsp3) is 0.143. The standard InChI is InChI=1S/C14H14N6O/c1-10-7-12(18-17-10)14(21)15-8-13-19-16-9-20(13)11-5-3-2-4-6-11/h2-7,9H,8H2,1H3,(H,15,21)(H,17,18). The molecule has 0 fully saturated rings. The van der Waals surface area contributed by atoms with Crippen LogP contribution in [0.15, 0.2) is 42.7 Å². The van der Waals surface area contributed by atoms with Crippen LogP contribution in [0.3, 0.4) is 0 Å². The number of hydrogen-bond donors (Lipinski definition) is 2. The Morgan fingerprint density at radius 1 is 1.33 bits per heavy atom. The molecule has 0 bridgehead atoms. The molecule has 1 aromatic carbocycles. The van der Waals surface area contributed by atoms with Gasteiger partial charge in [0.1, 0.15) is 12.0 Å². The van der Waals surface area contributed by atoms with Crippen LogP contribution in [0.25, 0.3) is 5.69 Å². The molecule has 0 unspecified atom stereocenters. The molecule has 0 aliphatic heterocycles. The van der Waals surface area contributed by atoms with Gasteiger partial charge in [-0.05, 0) is 25.1 Å². The van der Waals surface area contributed by atoms with Crippen molar-refractivity contribution in [2.45, 2.75) is 13.5 Å². The number of aromatic nitrogens is 5. The predicted octanol–water partition coefficient (Wildman–Crippen LogP) is 1.23. The number of carbonyl (C=O) groups is 1. The summed E-state index contributed by atoms with van der Waals surface area (Å²) in [4.78, 5) is 11.9. The second-order valence-corrected chi connectivity index (χ2v) is 4.57. The van der Waals surface area contributed by atoms with E-state index in [1.54, 1.807) is 12.4 Å². The maximum absolute atomic E-state index is 11.9. The fourth-order valence-electron chi connectivity index (χ4n) is 1.97. The molecule has 0 atom stereocenters. The van der Waals surface area contributed by atoms with E-state index in [0.717, 1.165) is 11.4 Å². The van der Waals surface area contributed by atoms with Crippen LogP contribution in [0.2, 0.25) is 0 Å². The van der Waals surface area contributed by atoms with Gasteiger partial charge >= 0.3 is 0 Å². The Morgan fingerprint density at radius 2 is 2.14 bits per heavy atom. The first-order valence-corrected chi connectivity index (χ1v) is 6.48. The molecule has 21 heavy (non-hydrogen) atoms. The number of carbonyl (C=O) groups excluding carboxylic acids is 1. The van der Waals surface area contributed by atoms with Gasteiger partial charge in [0, 0.05) is 11.4 Å². The van der Waals surface area contributed by atoms with Gasteiger partial charge in [-0.2, -0.15) is 5.10 Å². The van der Waals surface area contributed by atoms with Crippen LogP contribution in [0.1, 0.15) is 22.0 Å². The molecule has 0 aliphatic carbocycles. The highest BCUT2D eigenvalue weighted by Gasteiger charge is 2.11. The number of nitrogens with zero attached hydrogens (tertiary/aromatic N) is 4. The third-order valence-electron chi connectivity index (χ3n) is 3.00. The Morgan fingerprint density at radius 3 is 2.86 bits per heavy atom. The third-order valence-corrected chi connectivity index (χ3v) is 3.00. The van der Waals surface area contributed by atoms with Crippen LogP contribution in [0, 0.1) is 6.92 Å². The summed E-state index contributed by atoms with van der Waals surface area (Å²) in [6, 6.07) is 11.4. The van der Waals surface area contributed by atoms with E-state index in [0.29, 0.717) is 11.5 Å². The molecule has 106 valence electrons. The molecule has 0 saturated heterocycles. The SMILES string of the molecule is Cc1cc(C(=O)NCc2nncn2-c2ccccc2)n[nH]1. The van der Waals surface area contributed by atoms with Crippen LogP contribution in [0.4, 0.5) is 0 Å². The molecule has 2 N–H and O–H groups in total. The Labute approximate surface area is 121 Å². The summed E-state index contributed by atoms with van der Waals surface area (Å²) in [5.41, 5.74) is 2.15. The first-order chi connectivity index (χ1) is 10.2. The van der Waals surface area contributed by atoms with Crippen molar-refractivity contribution in [1.82, 2.24) is 30.3 Å². The van der Waals surface area contributed by atoms with Gasteiger partial charge in [0.25, 0.3) is 5.91 Å². The molecular formula is C14H14N6O. The van der Waals surface area contributed by atoms with Gasteiger partial charge in [0.05, 0.1) is 6.54 Å². The first-order valence-electron chi connectivity index (χ1n) is 6.48. The zero-order valence-corrected chi connectivity index (χ0v) is 11.4. The van der Waals surface area contributed by atoms with E-state index in [1.165, 1.54) is 0 Å². The second kappa shape index (κ2) is 5.58. The van der Waals surface area contributed by atoms with Crippen molar-refractivity contribution >= 4 is 5.91 Å². The second-order valence-electron chi connectivity index (χ2n) is 4.57. The number of hydrogen-bond acceptors (Lipinski definition) is 4. The average molecular weight is 282 g/mol. The van der Waals surface area contributed by atoms with Gasteiger partial charge in [-0.3, -0.25) is 14.5 Å². The summed E-state index contributed by atoms with van der Waals surface area (Å²) in [7, 11) is 0. The maximum atomic E-state index is 11.9. The minimum Gasteiger partial charge on any atom is -0.343 e. The number of aryl methyl sites for hydroxylation is 1. The molecule has 3 rings (SSSR count). The Hall–Kier alpha value is -2.96. The minimum absolute atomic E-state index is 0.248. The van der Waals surface area contributed by atoms with Crippen molar-refractivity contribution in [2.75, 3.05) is 0 Å². The molecule has 7 heteroatoms. The van der Waals surface area contributed by atoms with Gasteiger partial charge in [-0.1, -0.05) is 18.2 Å². The van der Waals surface area contributed by atoms with E-state index in [-0.39, 0.29) is 12.5 Å². The Bertz CT molecular complexity index is 746. The smallest absolute Gasteiger partial charge is 0.272 e. The number of rotatable bonds is 4. The van der Waals surface area contributed by atoms with E-state index < -0.39 is 0 Å². The highest BCUT2D eigenvalue weighted by molar-refractivity contribution is 5.92. The zero-order valence-electron chi connectivity index (χ0n) is 11.4. The van der Waals surface area contributed by atoms with Gasteiger partial charge in [0.15, 0.2) is 5.82 Å². The Balaban J connectivity index is 1.72. The Kier molecular flexibility index (Phi) is 3.46. The fourth-order valence-corrected chi connectivity index (χ4v) is 1.97. The summed E-state index contributed by atoms with van der Waals surface area (Å²) < 4.78 is 1.83. The average Bonchev–Trinajstić information content (AvgIpc) is 3.14. The molecular weight excluding hydrogens is 268 g/mol. The van der Waals surface area contributed by atoms with Crippen LogP contribution >= 0.6 is 0 Å². The lowest BCUT2D eigenvalue weighted by Crippen LogP contribution is -2.24. The molecule has 0 saturated carbocycles. The zero-order chi connectivity index (χ0) is 14.7. The van der Waals surface area contributed by atoms with E-state index in [1.807, 2.05) is 41.8 Å². The largest absolute Gasteiger partial charge is 0.343 e. The van der Waals surface area contributed by atoms with Gasteiger partial charge < -0.3 is 5.32 Å². The van der Waals surface area contributed by atoms with Crippen molar-refractivity contribution < 1.29 is 4.79 Å². The number of benzene rings is 1. The number of nitrogens with one attached hydrogen (secondary N) is 2. The molecule has 0 aliphatic rings. The van der Waals surface area contributed by atoms with Crippen molar-refractivity contribution in [3.8, 4) is 5.69 Å². The molecule has 2 heterocycles. The highest BCUT2D eigenvalue weighted by atomic mass is 16.1. The monoisotopic (exact) mass is 282 g/mol. The molecule has 0 radical (unpaired) electrons. The van der Waals surface area contributed by atoms with Gasteiger partial charge in [-0.15, -0.1) is 10.2 Å². The highest BCUT2D eigenvalue weighted by Crippen LogP contribution is 2.08. The molecule has 2 aromatic heterocycles. The lowest BCUT2D eigenvalue weighted by atomic mass is 10.3. The number of para-hydroxylation sites is 1. The molecule has 3 aromatic rings. The van der Waals surface area contributed by atoms with Gasteiger partial charge in [0.2, 0.25) is 0 Å². The predicted molar refractivity (Wildman–Crippen MR) is 75.9 cm³/mol. The van der Waals surface area contributed by atoms with Crippen LogP contribution in [-0.2, 0) is 6.54 Å². The summed E-state index contributed by atoms with van der Waals surface area (Å²) >= 11 is 0. The summed E-state index contributed by atoms with van der Waals surface area (Å²) in [6.07, 6.45) is 1.62. The van der Waals surface area contributed by atoms with Crippen molar-refractivity contribution in [1.29, 1.82) is 0 Å². The maximum Gasteiger partial charge on any atom is 0.272 e. The quantitative estimate of drug-likeness (QED) is 0.753. The first kappa shape index (κ1) is 13.0. The topological polar surface area (TPSA) is 88.5 Å². The van der Waals surface area contributed by atoms with E-state index >= 15 is 0 Å². The number of H-pyrrole nitrogens is 1. The lowest BCUT2D eigenvalue weighted by Gasteiger charge is -2.06. The van der Waals surface area contributed by atoms with Crippen molar-refractivity contribution in [2.24, 2.45) is 0 Å².